The van der Waals surface area contributed by atoms with Crippen LogP contribution in [0, 0.1) is 5.92 Å². The summed E-state index contributed by atoms with van der Waals surface area (Å²) in [5, 5.41) is 2.59. The van der Waals surface area contributed by atoms with Gasteiger partial charge in [0.1, 0.15) is 0 Å². The number of rotatable bonds is 5. The zero-order valence-electron chi connectivity index (χ0n) is 20.0. The summed E-state index contributed by atoms with van der Waals surface area (Å²) < 4.78 is 5.14. The van der Waals surface area contributed by atoms with Gasteiger partial charge in [-0.2, -0.15) is 0 Å². The number of benzene rings is 3. The maximum absolute atomic E-state index is 13.1. The molecule has 0 bridgehead atoms. The van der Waals surface area contributed by atoms with Gasteiger partial charge in [0.2, 0.25) is 0 Å². The second-order valence-electron chi connectivity index (χ2n) is 8.87. The van der Waals surface area contributed by atoms with Gasteiger partial charge in [0.05, 0.1) is 12.5 Å². The number of hydrogen-bond donors (Lipinski definition) is 1. The highest BCUT2D eigenvalue weighted by atomic mass is 35.5. The predicted octanol–water partition coefficient (Wildman–Crippen LogP) is 6.31. The number of nitrogens with one attached hydrogen (secondary N) is 1. The van der Waals surface area contributed by atoms with E-state index >= 15 is 0 Å². The van der Waals surface area contributed by atoms with E-state index in [0.717, 1.165) is 27.2 Å². The van der Waals surface area contributed by atoms with Crippen LogP contribution in [0.3, 0.4) is 0 Å². The van der Waals surface area contributed by atoms with Gasteiger partial charge in [0.25, 0.3) is 5.91 Å². The molecule has 2 aliphatic rings. The van der Waals surface area contributed by atoms with Crippen LogP contribution in [0.5, 0.6) is 0 Å². The number of hydrogen-bond acceptors (Lipinski definition) is 5. The van der Waals surface area contributed by atoms with E-state index in [1.165, 1.54) is 4.90 Å². The van der Waals surface area contributed by atoms with E-state index in [-0.39, 0.29) is 17.8 Å². The van der Waals surface area contributed by atoms with Gasteiger partial charge < -0.3 is 4.74 Å². The Kier molecular flexibility index (Phi) is 7.46. The first-order valence-corrected chi connectivity index (χ1v) is 13.3. The summed E-state index contributed by atoms with van der Waals surface area (Å²) in [6.45, 7) is 3.45. The molecule has 0 unspecified atom stereocenters. The first-order chi connectivity index (χ1) is 17.5. The molecular weight excluding hydrogens is 492 g/mol. The predicted molar refractivity (Wildman–Crippen MR) is 144 cm³/mol. The monoisotopic (exact) mass is 518 g/mol. The van der Waals surface area contributed by atoms with Crippen LogP contribution in [0.25, 0.3) is 11.6 Å². The molecule has 5 rings (SSSR count). The Morgan fingerprint density at radius 3 is 2.53 bits per heavy atom. The highest BCUT2D eigenvalue weighted by Gasteiger charge is 2.27. The number of piperidine rings is 1. The van der Waals surface area contributed by atoms with Crippen LogP contribution >= 0.6 is 23.4 Å². The Bertz CT molecular complexity index is 1310. The van der Waals surface area contributed by atoms with Crippen LogP contribution in [0.4, 0.5) is 0 Å². The Morgan fingerprint density at radius 2 is 1.78 bits per heavy atom. The lowest BCUT2D eigenvalue weighted by Gasteiger charge is -2.30. The summed E-state index contributed by atoms with van der Waals surface area (Å²) in [5.41, 5.74) is 7.92. The average Bonchev–Trinajstić information content (AvgIpc) is 3.06. The molecular formula is C29H27ClN2O3S. The lowest BCUT2D eigenvalue weighted by Crippen LogP contribution is -2.47. The zero-order valence-corrected chi connectivity index (χ0v) is 21.6. The number of amides is 1. The molecule has 2 aliphatic heterocycles. The van der Waals surface area contributed by atoms with Crippen molar-refractivity contribution in [3.63, 3.8) is 0 Å². The Morgan fingerprint density at radius 1 is 1.03 bits per heavy atom. The van der Waals surface area contributed by atoms with Crippen molar-refractivity contribution in [1.82, 2.24) is 10.4 Å². The number of carbonyl (C=O) groups excluding carboxylic acids is 2. The molecule has 2 heterocycles. The molecule has 0 saturated carbocycles. The smallest absolute Gasteiger partial charge is 0.309 e. The van der Waals surface area contributed by atoms with E-state index in [1.807, 2.05) is 66.5 Å². The van der Waals surface area contributed by atoms with Crippen molar-refractivity contribution in [3.05, 3.63) is 94.0 Å². The van der Waals surface area contributed by atoms with Crippen molar-refractivity contribution in [1.29, 1.82) is 0 Å². The van der Waals surface area contributed by atoms with E-state index in [1.54, 1.807) is 11.8 Å². The van der Waals surface area contributed by atoms with Crippen LogP contribution in [-0.2, 0) is 9.53 Å². The minimum absolute atomic E-state index is 0.0966. The molecule has 1 N–H and O–H groups in total. The van der Waals surface area contributed by atoms with Gasteiger partial charge in [-0.05, 0) is 84.5 Å². The van der Waals surface area contributed by atoms with Crippen LogP contribution in [0.1, 0.15) is 46.8 Å². The highest BCUT2D eigenvalue weighted by molar-refractivity contribution is 7.99. The fourth-order valence-electron chi connectivity index (χ4n) is 4.59. The van der Waals surface area contributed by atoms with Gasteiger partial charge in [-0.1, -0.05) is 53.7 Å². The van der Waals surface area contributed by atoms with Crippen molar-refractivity contribution in [2.75, 3.05) is 19.7 Å². The number of ether oxygens (including phenoxy) is 1. The second kappa shape index (κ2) is 10.9. The number of esters is 1. The number of hydrazine groups is 1. The third-order valence-electron chi connectivity index (χ3n) is 6.50. The van der Waals surface area contributed by atoms with E-state index in [9.17, 15) is 9.59 Å². The van der Waals surface area contributed by atoms with Crippen LogP contribution in [0.2, 0.25) is 5.02 Å². The van der Waals surface area contributed by atoms with E-state index < -0.39 is 0 Å². The molecule has 0 aliphatic carbocycles. The van der Waals surface area contributed by atoms with E-state index in [4.69, 9.17) is 16.3 Å². The zero-order chi connectivity index (χ0) is 25.1. The molecule has 1 fully saturated rings. The molecule has 0 radical (unpaired) electrons. The lowest BCUT2D eigenvalue weighted by molar-refractivity contribution is -0.149. The van der Waals surface area contributed by atoms with Crippen LogP contribution in [-0.4, -0.2) is 36.6 Å². The molecule has 36 heavy (non-hydrogen) atoms. The van der Waals surface area contributed by atoms with E-state index in [0.29, 0.717) is 43.1 Å². The summed E-state index contributed by atoms with van der Waals surface area (Å²) in [7, 11) is 0. The summed E-state index contributed by atoms with van der Waals surface area (Å²) in [4.78, 5) is 27.4. The van der Waals surface area contributed by atoms with Crippen molar-refractivity contribution in [2.24, 2.45) is 5.92 Å². The van der Waals surface area contributed by atoms with Crippen molar-refractivity contribution in [3.8, 4) is 0 Å². The van der Waals surface area contributed by atoms with Gasteiger partial charge in [0, 0.05) is 33.5 Å². The normalized spacial score (nSPS) is 15.8. The SMILES string of the molecule is CCOC(=O)C1CCN(NC(=O)c2ccc3c(c2)C=C(c2ccc(Cl)cc2)c2ccccc2S3)CC1. The first-order valence-electron chi connectivity index (χ1n) is 12.1. The molecule has 1 amide bonds. The molecule has 3 aromatic carbocycles. The molecule has 0 atom stereocenters. The lowest BCUT2D eigenvalue weighted by atomic mass is 9.95. The summed E-state index contributed by atoms with van der Waals surface area (Å²) >= 11 is 7.85. The summed E-state index contributed by atoms with van der Waals surface area (Å²) in [6, 6.07) is 22.0. The molecule has 3 aromatic rings. The maximum atomic E-state index is 13.1. The largest absolute Gasteiger partial charge is 0.466 e. The van der Waals surface area contributed by atoms with Crippen molar-refractivity contribution >= 4 is 46.9 Å². The van der Waals surface area contributed by atoms with Gasteiger partial charge in [-0.25, -0.2) is 5.01 Å². The van der Waals surface area contributed by atoms with Crippen molar-refractivity contribution < 1.29 is 14.3 Å². The Labute approximate surface area is 220 Å². The van der Waals surface area contributed by atoms with Gasteiger partial charge in [-0.3, -0.25) is 15.0 Å². The first kappa shape index (κ1) is 24.6. The third kappa shape index (κ3) is 5.36. The summed E-state index contributed by atoms with van der Waals surface area (Å²) in [6.07, 6.45) is 3.50. The minimum Gasteiger partial charge on any atom is -0.466 e. The Balaban J connectivity index is 1.38. The summed E-state index contributed by atoms with van der Waals surface area (Å²) in [5.74, 6) is -0.391. The third-order valence-corrected chi connectivity index (χ3v) is 7.92. The minimum atomic E-state index is -0.152. The number of carbonyl (C=O) groups is 2. The quantitative estimate of drug-likeness (QED) is 0.313. The van der Waals surface area contributed by atoms with Crippen molar-refractivity contribution in [2.45, 2.75) is 29.6 Å². The van der Waals surface area contributed by atoms with E-state index in [2.05, 4.69) is 23.6 Å². The van der Waals surface area contributed by atoms with Gasteiger partial charge in [0.15, 0.2) is 0 Å². The molecule has 0 spiro atoms. The standard InChI is InChI=1S/C29H27ClN2O3S/c1-2-35-29(34)20-13-15-32(16-14-20)31-28(33)21-9-12-26-22(17-21)18-25(19-7-10-23(30)11-8-19)24-5-3-4-6-27(24)36-26/h3-12,17-18,20H,2,13-16H2,1H3,(H,31,33). The Hall–Kier alpha value is -3.06. The fourth-order valence-corrected chi connectivity index (χ4v) is 5.76. The molecule has 1 saturated heterocycles. The molecule has 0 aromatic heterocycles. The topological polar surface area (TPSA) is 58.6 Å². The number of fused-ring (bicyclic) bond motifs is 2. The molecule has 184 valence electrons. The van der Waals surface area contributed by atoms with Gasteiger partial charge in [-0.15, -0.1) is 0 Å². The van der Waals surface area contributed by atoms with Gasteiger partial charge >= 0.3 is 5.97 Å². The maximum Gasteiger partial charge on any atom is 0.309 e. The number of halogens is 1. The fraction of sp³-hybridized carbons (Fsp3) is 0.241. The second-order valence-corrected chi connectivity index (χ2v) is 10.4. The average molecular weight is 519 g/mol. The highest BCUT2D eigenvalue weighted by Crippen LogP contribution is 2.42. The molecule has 7 heteroatoms. The van der Waals surface area contributed by atoms with Crippen LogP contribution < -0.4 is 5.43 Å². The number of nitrogens with zero attached hydrogens (tertiary/aromatic N) is 1. The molecule has 5 nitrogen and oxygen atoms in total. The van der Waals surface area contributed by atoms with Crippen LogP contribution in [0.15, 0.2) is 76.5 Å².